The molecule has 0 spiro atoms. The number of aromatic nitrogens is 1. The third kappa shape index (κ3) is 3.39. The number of hydrogen-bond donors (Lipinski definition) is 0. The molecule has 1 aromatic heterocycles. The minimum absolute atomic E-state index is 0.249. The van der Waals surface area contributed by atoms with Gasteiger partial charge >= 0.3 is 0 Å². The van der Waals surface area contributed by atoms with E-state index in [-0.39, 0.29) is 5.82 Å². The Bertz CT molecular complexity index is 979. The Kier molecular flexibility index (Phi) is 4.55. The molecule has 0 saturated carbocycles. The van der Waals surface area contributed by atoms with E-state index in [1.54, 1.807) is 18.3 Å². The van der Waals surface area contributed by atoms with E-state index in [0.717, 1.165) is 28.1 Å². The molecule has 4 rings (SSSR count). The molecular formula is C22H16ClFN2. The summed E-state index contributed by atoms with van der Waals surface area (Å²) in [4.78, 5) is 6.55. The highest BCUT2D eigenvalue weighted by molar-refractivity contribution is 6.32. The first kappa shape index (κ1) is 16.6. The van der Waals surface area contributed by atoms with Crippen LogP contribution >= 0.6 is 11.6 Å². The molecule has 1 aliphatic rings. The van der Waals surface area contributed by atoms with Gasteiger partial charge in [0.15, 0.2) is 0 Å². The summed E-state index contributed by atoms with van der Waals surface area (Å²) in [6.45, 7) is 0.645. The van der Waals surface area contributed by atoms with Gasteiger partial charge in [-0.2, -0.15) is 0 Å². The average Bonchev–Trinajstić information content (AvgIpc) is 2.69. The predicted octanol–water partition coefficient (Wildman–Crippen LogP) is 5.82. The number of anilines is 1. The van der Waals surface area contributed by atoms with Crippen molar-refractivity contribution in [2.45, 2.75) is 0 Å². The van der Waals surface area contributed by atoms with E-state index >= 15 is 0 Å². The van der Waals surface area contributed by atoms with Crippen LogP contribution in [0.15, 0.2) is 85.2 Å². The van der Waals surface area contributed by atoms with Crippen LogP contribution in [0.2, 0.25) is 5.02 Å². The van der Waals surface area contributed by atoms with E-state index in [0.29, 0.717) is 11.6 Å². The lowest BCUT2D eigenvalue weighted by atomic mass is 9.98. The SMILES string of the molecule is Fc1ccc(N2C=C(c3ccccn3)C=C(c3ccccc3Cl)C2)cc1. The summed E-state index contributed by atoms with van der Waals surface area (Å²) in [5, 5.41) is 0.708. The summed E-state index contributed by atoms with van der Waals surface area (Å²) in [6, 6.07) is 20.1. The molecule has 0 amide bonds. The molecule has 0 bridgehead atoms. The van der Waals surface area contributed by atoms with Gasteiger partial charge < -0.3 is 4.90 Å². The van der Waals surface area contributed by atoms with Crippen LogP contribution in [0.3, 0.4) is 0 Å². The number of nitrogens with zero attached hydrogens (tertiary/aromatic N) is 2. The number of allylic oxidation sites excluding steroid dienone is 2. The van der Waals surface area contributed by atoms with E-state index in [2.05, 4.69) is 16.0 Å². The minimum Gasteiger partial charge on any atom is -0.343 e. The van der Waals surface area contributed by atoms with Gasteiger partial charge in [0.1, 0.15) is 5.82 Å². The average molecular weight is 363 g/mol. The van der Waals surface area contributed by atoms with Crippen LogP contribution in [0.4, 0.5) is 10.1 Å². The van der Waals surface area contributed by atoms with Crippen LogP contribution in [-0.4, -0.2) is 11.5 Å². The quantitative estimate of drug-likeness (QED) is 0.583. The monoisotopic (exact) mass is 362 g/mol. The Balaban J connectivity index is 1.80. The number of rotatable bonds is 3. The molecular weight excluding hydrogens is 347 g/mol. The molecule has 1 aliphatic heterocycles. The van der Waals surface area contributed by atoms with Gasteiger partial charge in [0.2, 0.25) is 0 Å². The summed E-state index contributed by atoms with van der Waals surface area (Å²) < 4.78 is 13.3. The smallest absolute Gasteiger partial charge is 0.123 e. The number of halogens is 2. The van der Waals surface area contributed by atoms with Gasteiger partial charge in [0.25, 0.3) is 0 Å². The van der Waals surface area contributed by atoms with Crippen molar-refractivity contribution < 1.29 is 4.39 Å². The molecule has 2 heterocycles. The molecule has 4 heteroatoms. The Morgan fingerprint density at radius 2 is 1.69 bits per heavy atom. The Morgan fingerprint density at radius 3 is 2.42 bits per heavy atom. The van der Waals surface area contributed by atoms with E-state index in [4.69, 9.17) is 11.6 Å². The van der Waals surface area contributed by atoms with Crippen molar-refractivity contribution in [3.8, 4) is 0 Å². The fourth-order valence-corrected chi connectivity index (χ4v) is 3.28. The third-order valence-electron chi connectivity index (χ3n) is 4.30. The molecule has 3 aromatic rings. The van der Waals surface area contributed by atoms with Gasteiger partial charge in [0, 0.05) is 35.2 Å². The molecule has 128 valence electrons. The summed E-state index contributed by atoms with van der Waals surface area (Å²) >= 11 is 6.42. The largest absolute Gasteiger partial charge is 0.343 e. The van der Waals surface area contributed by atoms with Crippen molar-refractivity contribution in [2.75, 3.05) is 11.4 Å². The fraction of sp³-hybridized carbons (Fsp3) is 0.0455. The summed E-state index contributed by atoms with van der Waals surface area (Å²) in [5.74, 6) is -0.249. The second-order valence-electron chi connectivity index (χ2n) is 6.05. The van der Waals surface area contributed by atoms with Gasteiger partial charge in [-0.3, -0.25) is 4.98 Å². The number of benzene rings is 2. The molecule has 2 aromatic carbocycles. The Morgan fingerprint density at radius 1 is 0.923 bits per heavy atom. The van der Waals surface area contributed by atoms with Gasteiger partial charge in [-0.1, -0.05) is 35.9 Å². The lowest BCUT2D eigenvalue weighted by Crippen LogP contribution is -2.22. The molecule has 0 saturated heterocycles. The topological polar surface area (TPSA) is 16.1 Å². The van der Waals surface area contributed by atoms with Crippen molar-refractivity contribution in [1.82, 2.24) is 4.98 Å². The molecule has 0 radical (unpaired) electrons. The minimum atomic E-state index is -0.249. The number of hydrogen-bond acceptors (Lipinski definition) is 2. The van der Waals surface area contributed by atoms with Gasteiger partial charge in [-0.25, -0.2) is 4.39 Å². The summed E-state index contributed by atoms with van der Waals surface area (Å²) in [7, 11) is 0. The van der Waals surface area contributed by atoms with Crippen molar-refractivity contribution in [3.05, 3.63) is 107 Å². The van der Waals surface area contributed by atoms with Crippen LogP contribution in [-0.2, 0) is 0 Å². The first-order valence-corrected chi connectivity index (χ1v) is 8.69. The standard InChI is InChI=1S/C22H16ClFN2/c23-21-6-2-1-5-20(21)16-13-17(22-7-3-4-12-25-22)15-26(14-16)19-10-8-18(24)9-11-19/h1-13,15H,14H2. The molecule has 0 atom stereocenters. The van der Waals surface area contributed by atoms with Crippen molar-refractivity contribution in [2.24, 2.45) is 0 Å². The highest BCUT2D eigenvalue weighted by atomic mass is 35.5. The molecule has 0 fully saturated rings. The molecule has 2 nitrogen and oxygen atoms in total. The zero-order chi connectivity index (χ0) is 17.9. The lowest BCUT2D eigenvalue weighted by molar-refractivity contribution is 0.628. The van der Waals surface area contributed by atoms with Crippen molar-refractivity contribution in [3.63, 3.8) is 0 Å². The van der Waals surface area contributed by atoms with Crippen molar-refractivity contribution >= 4 is 28.4 Å². The Labute approximate surface area is 156 Å². The second-order valence-corrected chi connectivity index (χ2v) is 6.46. The first-order chi connectivity index (χ1) is 12.7. The zero-order valence-electron chi connectivity index (χ0n) is 13.9. The highest BCUT2D eigenvalue weighted by Crippen LogP contribution is 2.33. The zero-order valence-corrected chi connectivity index (χ0v) is 14.7. The summed E-state index contributed by atoms with van der Waals surface area (Å²) in [5.41, 5.74) is 4.85. The molecule has 26 heavy (non-hydrogen) atoms. The number of pyridine rings is 1. The first-order valence-electron chi connectivity index (χ1n) is 8.31. The summed E-state index contributed by atoms with van der Waals surface area (Å²) in [6.07, 6.45) is 5.93. The van der Waals surface area contributed by atoms with E-state index < -0.39 is 0 Å². The normalized spacial score (nSPS) is 14.0. The van der Waals surface area contributed by atoms with Crippen LogP contribution in [0.25, 0.3) is 11.1 Å². The molecule has 0 N–H and O–H groups in total. The maximum Gasteiger partial charge on any atom is 0.123 e. The van der Waals surface area contributed by atoms with Gasteiger partial charge in [-0.05, 0) is 59.7 Å². The maximum atomic E-state index is 13.3. The van der Waals surface area contributed by atoms with Crippen LogP contribution < -0.4 is 4.90 Å². The predicted molar refractivity (Wildman–Crippen MR) is 105 cm³/mol. The van der Waals surface area contributed by atoms with Gasteiger partial charge in [0.05, 0.1) is 5.69 Å². The van der Waals surface area contributed by atoms with Gasteiger partial charge in [-0.15, -0.1) is 0 Å². The van der Waals surface area contributed by atoms with E-state index in [1.165, 1.54) is 12.1 Å². The lowest BCUT2D eigenvalue weighted by Gasteiger charge is -2.28. The highest BCUT2D eigenvalue weighted by Gasteiger charge is 2.18. The Hall–Kier alpha value is -2.91. The van der Waals surface area contributed by atoms with E-state index in [1.807, 2.05) is 48.7 Å². The van der Waals surface area contributed by atoms with Crippen molar-refractivity contribution in [1.29, 1.82) is 0 Å². The van der Waals surface area contributed by atoms with Crippen LogP contribution in [0.5, 0.6) is 0 Å². The maximum absolute atomic E-state index is 13.3. The van der Waals surface area contributed by atoms with Crippen LogP contribution in [0, 0.1) is 5.82 Å². The second kappa shape index (κ2) is 7.14. The van der Waals surface area contributed by atoms with E-state index in [9.17, 15) is 4.39 Å². The fourth-order valence-electron chi connectivity index (χ4n) is 3.02. The van der Waals surface area contributed by atoms with Crippen LogP contribution in [0.1, 0.15) is 11.3 Å². The third-order valence-corrected chi connectivity index (χ3v) is 4.63. The molecule has 0 unspecified atom stereocenters. The molecule has 0 aliphatic carbocycles.